The Morgan fingerprint density at radius 1 is 1.37 bits per heavy atom. The average molecular weight is 366 g/mol. The maximum atomic E-state index is 12.8. The molecule has 0 aliphatic heterocycles. The first kappa shape index (κ1) is 17.5. The fourth-order valence-corrected chi connectivity index (χ4v) is 3.48. The van der Waals surface area contributed by atoms with E-state index in [4.69, 9.17) is 4.74 Å². The topological polar surface area (TPSA) is 88.8 Å². The van der Waals surface area contributed by atoms with E-state index in [0.29, 0.717) is 24.4 Å². The Morgan fingerprint density at radius 2 is 2.19 bits per heavy atom. The number of amides is 1. The Labute approximate surface area is 157 Å². The second-order valence-corrected chi connectivity index (χ2v) is 7.07. The van der Waals surface area contributed by atoms with Crippen molar-refractivity contribution in [3.05, 3.63) is 59.7 Å². The molecule has 0 aromatic carbocycles. The summed E-state index contributed by atoms with van der Waals surface area (Å²) in [7, 11) is 1.56. The van der Waals surface area contributed by atoms with Gasteiger partial charge in [-0.2, -0.15) is 0 Å². The summed E-state index contributed by atoms with van der Waals surface area (Å²) in [6.07, 6.45) is 6.33. The van der Waals surface area contributed by atoms with Crippen molar-refractivity contribution >= 4 is 11.6 Å². The van der Waals surface area contributed by atoms with E-state index in [1.807, 2.05) is 35.7 Å². The maximum absolute atomic E-state index is 12.8. The van der Waals surface area contributed by atoms with Gasteiger partial charge in [0.05, 0.1) is 19.3 Å². The lowest BCUT2D eigenvalue weighted by molar-refractivity contribution is 0.0234. The number of hydrogen-bond acceptors (Lipinski definition) is 5. The van der Waals surface area contributed by atoms with E-state index >= 15 is 0 Å². The van der Waals surface area contributed by atoms with E-state index in [0.717, 1.165) is 16.8 Å². The molecule has 1 saturated carbocycles. The summed E-state index contributed by atoms with van der Waals surface area (Å²) in [6.45, 7) is 1.99. The highest BCUT2D eigenvalue weighted by atomic mass is 16.5. The van der Waals surface area contributed by atoms with Crippen LogP contribution in [0.5, 0.6) is 5.88 Å². The van der Waals surface area contributed by atoms with Crippen LogP contribution >= 0.6 is 0 Å². The molecule has 7 nitrogen and oxygen atoms in total. The van der Waals surface area contributed by atoms with Crippen molar-refractivity contribution in [3.63, 3.8) is 0 Å². The minimum atomic E-state index is -0.307. The van der Waals surface area contributed by atoms with Crippen molar-refractivity contribution in [2.24, 2.45) is 5.92 Å². The zero-order chi connectivity index (χ0) is 19.0. The van der Waals surface area contributed by atoms with E-state index in [1.54, 1.807) is 25.6 Å². The van der Waals surface area contributed by atoms with Gasteiger partial charge < -0.3 is 19.6 Å². The number of aromatic nitrogens is 3. The molecule has 3 aromatic heterocycles. The predicted molar refractivity (Wildman–Crippen MR) is 99.7 cm³/mol. The number of nitrogens with zero attached hydrogens (tertiary/aromatic N) is 3. The predicted octanol–water partition coefficient (Wildman–Crippen LogP) is 2.29. The number of ether oxygens (including phenoxy) is 1. The number of hydrogen-bond donors (Lipinski definition) is 2. The molecule has 0 bridgehead atoms. The molecule has 0 saturated heterocycles. The molecule has 1 aliphatic rings. The molecule has 3 aromatic rings. The standard InChI is InChI=1S/C20H22N4O3/c1-12-5-6-24-11-16(22-17(24)7-12)20(26)23-19(14-8-15(25)9-14)13-3-4-18(27-2)21-10-13/h3-7,10-11,14-15,19,25H,8-9H2,1-2H3,(H,23,26). The van der Waals surface area contributed by atoms with Gasteiger partial charge in [-0.3, -0.25) is 4.79 Å². The van der Waals surface area contributed by atoms with Crippen molar-refractivity contribution in [2.45, 2.75) is 31.9 Å². The first-order chi connectivity index (χ1) is 13.0. The lowest BCUT2D eigenvalue weighted by Gasteiger charge is -2.38. The molecule has 1 amide bonds. The molecule has 140 valence electrons. The lowest BCUT2D eigenvalue weighted by atomic mass is 9.75. The van der Waals surface area contributed by atoms with E-state index in [2.05, 4.69) is 15.3 Å². The number of carbonyl (C=O) groups excluding carboxylic acids is 1. The van der Waals surface area contributed by atoms with Crippen molar-refractivity contribution in [1.29, 1.82) is 0 Å². The molecule has 0 radical (unpaired) electrons. The number of aliphatic hydroxyl groups is 1. The van der Waals surface area contributed by atoms with Crippen molar-refractivity contribution in [3.8, 4) is 5.88 Å². The molecule has 0 spiro atoms. The number of methoxy groups -OCH3 is 1. The third-order valence-electron chi connectivity index (χ3n) is 5.08. The van der Waals surface area contributed by atoms with Gasteiger partial charge in [0.2, 0.25) is 5.88 Å². The lowest BCUT2D eigenvalue weighted by Crippen LogP contribution is -2.41. The third-order valence-corrected chi connectivity index (χ3v) is 5.08. The molecule has 1 atom stereocenters. The van der Waals surface area contributed by atoms with E-state index in [1.165, 1.54) is 0 Å². The van der Waals surface area contributed by atoms with Crippen molar-refractivity contribution in [1.82, 2.24) is 19.7 Å². The number of aliphatic hydroxyl groups excluding tert-OH is 1. The number of imidazole rings is 1. The van der Waals surface area contributed by atoms with Crippen LogP contribution < -0.4 is 10.1 Å². The smallest absolute Gasteiger partial charge is 0.272 e. The summed E-state index contributed by atoms with van der Waals surface area (Å²) < 4.78 is 6.94. The second kappa shape index (κ2) is 7.00. The quantitative estimate of drug-likeness (QED) is 0.723. The SMILES string of the molecule is COc1ccc(C(NC(=O)c2cn3ccc(C)cc3n2)C2CC(O)C2)cn1. The summed E-state index contributed by atoms with van der Waals surface area (Å²) in [5.74, 6) is 0.449. The van der Waals surface area contributed by atoms with Gasteiger partial charge in [0.25, 0.3) is 5.91 Å². The molecule has 3 heterocycles. The van der Waals surface area contributed by atoms with Gasteiger partial charge in [-0.15, -0.1) is 0 Å². The number of carbonyl (C=O) groups is 1. The van der Waals surface area contributed by atoms with Gasteiger partial charge in [0.1, 0.15) is 11.3 Å². The Bertz CT molecular complexity index is 961. The van der Waals surface area contributed by atoms with Crippen molar-refractivity contribution in [2.75, 3.05) is 7.11 Å². The molecule has 4 rings (SSSR count). The Morgan fingerprint density at radius 3 is 2.85 bits per heavy atom. The number of aryl methyl sites for hydroxylation is 1. The van der Waals surface area contributed by atoms with Gasteiger partial charge in [0, 0.05) is 24.7 Å². The molecular weight excluding hydrogens is 344 g/mol. The Hall–Kier alpha value is -2.93. The van der Waals surface area contributed by atoms with E-state index in [9.17, 15) is 9.90 Å². The second-order valence-electron chi connectivity index (χ2n) is 7.07. The molecule has 7 heteroatoms. The molecule has 1 fully saturated rings. The minimum Gasteiger partial charge on any atom is -0.481 e. The van der Waals surface area contributed by atoms with Gasteiger partial charge >= 0.3 is 0 Å². The highest BCUT2D eigenvalue weighted by Gasteiger charge is 2.36. The molecule has 1 unspecified atom stereocenters. The molecule has 2 N–H and O–H groups in total. The summed E-state index contributed by atoms with van der Waals surface area (Å²) in [5, 5.41) is 12.8. The van der Waals surface area contributed by atoms with E-state index < -0.39 is 0 Å². The van der Waals surface area contributed by atoms with Crippen LogP contribution in [0, 0.1) is 12.8 Å². The fourth-order valence-electron chi connectivity index (χ4n) is 3.48. The van der Waals surface area contributed by atoms with Crippen LogP contribution in [0.1, 0.15) is 40.5 Å². The summed E-state index contributed by atoms with van der Waals surface area (Å²) in [4.78, 5) is 21.5. The van der Waals surface area contributed by atoms with Crippen LogP contribution in [0.25, 0.3) is 5.65 Å². The van der Waals surface area contributed by atoms with Crippen LogP contribution in [0.15, 0.2) is 42.9 Å². The summed E-state index contributed by atoms with van der Waals surface area (Å²) in [6, 6.07) is 7.35. The highest BCUT2D eigenvalue weighted by molar-refractivity contribution is 5.93. The average Bonchev–Trinajstić information content (AvgIpc) is 3.07. The van der Waals surface area contributed by atoms with Gasteiger partial charge in [0.15, 0.2) is 0 Å². The number of pyridine rings is 2. The zero-order valence-electron chi connectivity index (χ0n) is 15.3. The van der Waals surface area contributed by atoms with Crippen LogP contribution in [0.3, 0.4) is 0 Å². The largest absolute Gasteiger partial charge is 0.481 e. The van der Waals surface area contributed by atoms with Crippen LogP contribution in [-0.2, 0) is 0 Å². The molecular formula is C20H22N4O3. The van der Waals surface area contributed by atoms with Crippen molar-refractivity contribution < 1.29 is 14.6 Å². The maximum Gasteiger partial charge on any atom is 0.272 e. The number of rotatable bonds is 5. The molecule has 1 aliphatic carbocycles. The van der Waals surface area contributed by atoms with Gasteiger partial charge in [-0.1, -0.05) is 6.07 Å². The van der Waals surface area contributed by atoms with Crippen LogP contribution in [-0.4, -0.2) is 38.6 Å². The van der Waals surface area contributed by atoms with Gasteiger partial charge in [-0.05, 0) is 48.9 Å². The Kier molecular flexibility index (Phi) is 4.53. The highest BCUT2D eigenvalue weighted by Crippen LogP contribution is 2.38. The normalized spacial score (nSPS) is 20.1. The minimum absolute atomic E-state index is 0.165. The summed E-state index contributed by atoms with van der Waals surface area (Å²) >= 11 is 0. The molecule has 27 heavy (non-hydrogen) atoms. The third kappa shape index (κ3) is 3.50. The fraction of sp³-hybridized carbons (Fsp3) is 0.350. The number of fused-ring (bicyclic) bond motifs is 1. The first-order valence-electron chi connectivity index (χ1n) is 8.97. The summed E-state index contributed by atoms with van der Waals surface area (Å²) in [5.41, 5.74) is 3.08. The van der Waals surface area contributed by atoms with Gasteiger partial charge in [-0.25, -0.2) is 9.97 Å². The van der Waals surface area contributed by atoms with Crippen LogP contribution in [0.4, 0.5) is 0 Å². The van der Waals surface area contributed by atoms with E-state index in [-0.39, 0.29) is 24.0 Å². The van der Waals surface area contributed by atoms with Crippen LogP contribution in [0.2, 0.25) is 0 Å². The monoisotopic (exact) mass is 366 g/mol. The first-order valence-corrected chi connectivity index (χ1v) is 8.97. The zero-order valence-corrected chi connectivity index (χ0v) is 15.3. The Balaban J connectivity index is 1.58. The number of nitrogens with one attached hydrogen (secondary N) is 1.